The molecule has 8 heteroatoms. The van der Waals surface area contributed by atoms with Crippen molar-refractivity contribution in [2.75, 3.05) is 14.2 Å². The van der Waals surface area contributed by atoms with Crippen molar-refractivity contribution in [2.45, 2.75) is 20.5 Å². The first-order chi connectivity index (χ1) is 12.6. The van der Waals surface area contributed by atoms with E-state index in [1.54, 1.807) is 20.4 Å². The van der Waals surface area contributed by atoms with E-state index in [4.69, 9.17) is 14.2 Å². The summed E-state index contributed by atoms with van der Waals surface area (Å²) in [5.41, 5.74) is 3.68. The zero-order valence-electron chi connectivity index (χ0n) is 14.9. The molecule has 4 aromatic rings. The topological polar surface area (TPSA) is 70.8 Å². The van der Waals surface area contributed by atoms with Crippen molar-refractivity contribution in [1.82, 2.24) is 18.7 Å². The highest BCUT2D eigenvalue weighted by Gasteiger charge is 2.16. The second-order valence-electron chi connectivity index (χ2n) is 5.88. The smallest absolute Gasteiger partial charge is 0.220 e. The molecule has 0 fully saturated rings. The summed E-state index contributed by atoms with van der Waals surface area (Å²) in [6, 6.07) is 5.79. The van der Waals surface area contributed by atoms with Gasteiger partial charge >= 0.3 is 0 Å². The minimum Gasteiger partial charge on any atom is -0.497 e. The van der Waals surface area contributed by atoms with Crippen LogP contribution < -0.4 is 14.2 Å². The van der Waals surface area contributed by atoms with E-state index in [1.165, 1.54) is 11.5 Å². The number of hydrogen-bond acceptors (Lipinski definition) is 7. The number of hydrogen-bond donors (Lipinski definition) is 0. The van der Waals surface area contributed by atoms with Gasteiger partial charge in [-0.2, -0.15) is 4.37 Å². The maximum atomic E-state index is 5.93. The molecule has 26 heavy (non-hydrogen) atoms. The van der Waals surface area contributed by atoms with E-state index in [0.717, 1.165) is 44.4 Å². The maximum Gasteiger partial charge on any atom is 0.220 e. The van der Waals surface area contributed by atoms with Crippen molar-refractivity contribution in [2.24, 2.45) is 0 Å². The third-order valence-corrected chi connectivity index (χ3v) is 5.00. The lowest BCUT2D eigenvalue weighted by atomic mass is 10.2. The molecule has 0 unspecified atom stereocenters. The first kappa shape index (κ1) is 16.6. The van der Waals surface area contributed by atoms with Crippen LogP contribution in [0.15, 0.2) is 24.4 Å². The fraction of sp³-hybridized carbons (Fsp3) is 0.278. The molecule has 0 bridgehead atoms. The molecule has 4 rings (SSSR count). The predicted octanol–water partition coefficient (Wildman–Crippen LogP) is 3.55. The van der Waals surface area contributed by atoms with Crippen LogP contribution in [0.5, 0.6) is 17.4 Å². The van der Waals surface area contributed by atoms with E-state index < -0.39 is 0 Å². The van der Waals surface area contributed by atoms with Gasteiger partial charge in [0.05, 0.1) is 30.8 Å². The number of imidazole rings is 1. The number of pyridine rings is 1. The molecular weight excluding hydrogens is 352 g/mol. The highest BCUT2D eigenvalue weighted by Crippen LogP contribution is 2.30. The standard InChI is InChI=1S/C18H18N4O3S/c1-10-8-19-17(11(2)16(10)24-4)25-9-15-21-26-18-20-13-6-5-12(23-3)7-14(13)22(15)18/h5-8H,9H2,1-4H3. The van der Waals surface area contributed by atoms with Crippen molar-refractivity contribution in [3.05, 3.63) is 41.3 Å². The number of ether oxygens (including phenoxy) is 3. The second kappa shape index (κ2) is 6.45. The molecule has 0 saturated heterocycles. The summed E-state index contributed by atoms with van der Waals surface area (Å²) in [6.45, 7) is 4.17. The lowest BCUT2D eigenvalue weighted by Crippen LogP contribution is -2.04. The zero-order chi connectivity index (χ0) is 18.3. The summed E-state index contributed by atoms with van der Waals surface area (Å²) in [5.74, 6) is 2.87. The Bertz CT molecular complexity index is 1100. The fourth-order valence-corrected chi connectivity index (χ4v) is 3.74. The Morgan fingerprint density at radius 2 is 2.00 bits per heavy atom. The van der Waals surface area contributed by atoms with Crippen molar-refractivity contribution < 1.29 is 14.2 Å². The molecule has 0 amide bonds. The van der Waals surface area contributed by atoms with Gasteiger partial charge in [0, 0.05) is 29.4 Å². The average molecular weight is 370 g/mol. The van der Waals surface area contributed by atoms with Gasteiger partial charge in [-0.3, -0.25) is 4.40 Å². The van der Waals surface area contributed by atoms with Crippen LogP contribution in [0.1, 0.15) is 17.0 Å². The molecule has 0 aliphatic carbocycles. The van der Waals surface area contributed by atoms with Crippen molar-refractivity contribution in [3.63, 3.8) is 0 Å². The summed E-state index contributed by atoms with van der Waals surface area (Å²) in [6.07, 6.45) is 1.75. The van der Waals surface area contributed by atoms with Gasteiger partial charge in [-0.25, -0.2) is 9.97 Å². The molecule has 0 atom stereocenters. The largest absolute Gasteiger partial charge is 0.497 e. The van der Waals surface area contributed by atoms with E-state index in [1.807, 2.05) is 36.4 Å². The van der Waals surface area contributed by atoms with Gasteiger partial charge in [0.15, 0.2) is 5.82 Å². The van der Waals surface area contributed by atoms with E-state index in [-0.39, 0.29) is 6.61 Å². The molecule has 3 aromatic heterocycles. The predicted molar refractivity (Wildman–Crippen MR) is 99.5 cm³/mol. The Balaban J connectivity index is 1.70. The van der Waals surface area contributed by atoms with E-state index in [0.29, 0.717) is 5.88 Å². The quantitative estimate of drug-likeness (QED) is 0.535. The number of fused-ring (bicyclic) bond motifs is 3. The minimum absolute atomic E-state index is 0.280. The van der Waals surface area contributed by atoms with Crippen LogP contribution in [0, 0.1) is 13.8 Å². The summed E-state index contributed by atoms with van der Waals surface area (Å²) in [4.78, 5) is 9.78. The fourth-order valence-electron chi connectivity index (χ4n) is 2.99. The Kier molecular flexibility index (Phi) is 4.12. The summed E-state index contributed by atoms with van der Waals surface area (Å²) in [7, 11) is 3.29. The molecule has 0 radical (unpaired) electrons. The van der Waals surface area contributed by atoms with Gasteiger partial charge in [0.1, 0.15) is 18.1 Å². The Morgan fingerprint density at radius 1 is 1.15 bits per heavy atom. The normalized spacial score (nSPS) is 11.2. The van der Waals surface area contributed by atoms with E-state index in [2.05, 4.69) is 14.3 Å². The van der Waals surface area contributed by atoms with Crippen LogP contribution in [0.3, 0.4) is 0 Å². The average Bonchev–Trinajstić information content (AvgIpc) is 3.20. The number of aryl methyl sites for hydroxylation is 1. The lowest BCUT2D eigenvalue weighted by Gasteiger charge is -2.12. The number of nitrogens with zero attached hydrogens (tertiary/aromatic N) is 4. The summed E-state index contributed by atoms with van der Waals surface area (Å²) >= 11 is 1.34. The lowest BCUT2D eigenvalue weighted by molar-refractivity contribution is 0.279. The molecule has 0 aliphatic heterocycles. The minimum atomic E-state index is 0.280. The molecule has 0 aliphatic rings. The number of benzene rings is 1. The van der Waals surface area contributed by atoms with Crippen LogP contribution in [-0.2, 0) is 6.61 Å². The van der Waals surface area contributed by atoms with Crippen LogP contribution in [0.4, 0.5) is 0 Å². The highest BCUT2D eigenvalue weighted by molar-refractivity contribution is 7.11. The Morgan fingerprint density at radius 3 is 2.77 bits per heavy atom. The van der Waals surface area contributed by atoms with Gasteiger partial charge in [-0.05, 0) is 26.0 Å². The third-order valence-electron chi connectivity index (χ3n) is 4.26. The van der Waals surface area contributed by atoms with Crippen molar-refractivity contribution in [3.8, 4) is 17.4 Å². The molecule has 3 heterocycles. The van der Waals surface area contributed by atoms with Gasteiger partial charge in [0.2, 0.25) is 10.8 Å². The van der Waals surface area contributed by atoms with Gasteiger partial charge in [-0.15, -0.1) is 0 Å². The number of rotatable bonds is 5. The summed E-state index contributed by atoms with van der Waals surface area (Å²) < 4.78 is 23.2. The van der Waals surface area contributed by atoms with Crippen molar-refractivity contribution in [1.29, 1.82) is 0 Å². The van der Waals surface area contributed by atoms with E-state index in [9.17, 15) is 0 Å². The van der Waals surface area contributed by atoms with E-state index >= 15 is 0 Å². The van der Waals surface area contributed by atoms with Crippen molar-refractivity contribution >= 4 is 27.5 Å². The van der Waals surface area contributed by atoms with Crippen LogP contribution in [0.2, 0.25) is 0 Å². The highest BCUT2D eigenvalue weighted by atomic mass is 32.1. The molecule has 1 aromatic carbocycles. The molecule has 0 N–H and O–H groups in total. The van der Waals surface area contributed by atoms with Gasteiger partial charge in [0.25, 0.3) is 0 Å². The Hall–Kier alpha value is -2.87. The zero-order valence-corrected chi connectivity index (χ0v) is 15.8. The van der Waals surface area contributed by atoms with Gasteiger partial charge < -0.3 is 14.2 Å². The molecule has 7 nitrogen and oxygen atoms in total. The molecule has 0 saturated carbocycles. The first-order valence-corrected chi connectivity index (χ1v) is 8.83. The number of methoxy groups -OCH3 is 2. The van der Waals surface area contributed by atoms with Crippen LogP contribution in [0.25, 0.3) is 16.0 Å². The molecule has 0 spiro atoms. The maximum absolute atomic E-state index is 5.93. The SMILES string of the molecule is COc1ccc2nc3snc(COc4ncc(C)c(OC)c4C)n3c2c1. The van der Waals surface area contributed by atoms with Gasteiger partial charge in [-0.1, -0.05) is 0 Å². The molecule has 134 valence electrons. The monoisotopic (exact) mass is 370 g/mol. The first-order valence-electron chi connectivity index (χ1n) is 8.06. The van der Waals surface area contributed by atoms with Crippen LogP contribution >= 0.6 is 11.5 Å². The van der Waals surface area contributed by atoms with Crippen LogP contribution in [-0.4, -0.2) is 33.0 Å². The summed E-state index contributed by atoms with van der Waals surface area (Å²) in [5, 5.41) is 0. The third kappa shape index (κ3) is 2.62. The second-order valence-corrected chi connectivity index (χ2v) is 6.61. The number of aromatic nitrogens is 4. The molecular formula is C18H18N4O3S. The Labute approximate surface area is 154 Å².